The van der Waals surface area contributed by atoms with Crippen LogP contribution in [0.15, 0.2) is 61.2 Å². The molecule has 2 atom stereocenters. The summed E-state index contributed by atoms with van der Waals surface area (Å²) in [6.07, 6.45) is 0.962. The minimum atomic E-state index is -1.05. The Bertz CT molecular complexity index is 1210. The van der Waals surface area contributed by atoms with Crippen molar-refractivity contribution in [2.45, 2.75) is 72.1 Å². The quantitative estimate of drug-likeness (QED) is 0.272. The molecular weight excluding hydrogens is 522 g/mol. The average Bonchev–Trinajstić information content (AvgIpc) is 2.89. The van der Waals surface area contributed by atoms with Gasteiger partial charge in [0.2, 0.25) is 11.8 Å². The maximum absolute atomic E-state index is 14.3. The van der Waals surface area contributed by atoms with Crippen LogP contribution >= 0.6 is 0 Å². The second kappa shape index (κ2) is 15.6. The molecule has 2 unspecified atom stereocenters. The van der Waals surface area contributed by atoms with Gasteiger partial charge in [0, 0.05) is 19.5 Å². The Hall–Kier alpha value is -4.14. The second-order valence-corrected chi connectivity index (χ2v) is 10.7. The van der Waals surface area contributed by atoms with Gasteiger partial charge in [0.15, 0.2) is 0 Å². The summed E-state index contributed by atoms with van der Waals surface area (Å²) >= 11 is 0. The highest BCUT2D eigenvalue weighted by molar-refractivity contribution is 5.92. The van der Waals surface area contributed by atoms with Gasteiger partial charge in [-0.3, -0.25) is 14.4 Å². The third kappa shape index (κ3) is 10.4. The van der Waals surface area contributed by atoms with Crippen molar-refractivity contribution in [2.75, 3.05) is 19.7 Å². The Morgan fingerprint density at radius 2 is 1.71 bits per heavy atom. The van der Waals surface area contributed by atoms with Crippen molar-refractivity contribution in [1.82, 2.24) is 15.5 Å². The first kappa shape index (κ1) is 33.1. The normalized spacial score (nSPS) is 12.4. The Kier molecular flexibility index (Phi) is 12.6. The highest BCUT2D eigenvalue weighted by atomic mass is 16.6. The van der Waals surface area contributed by atoms with Gasteiger partial charge in [-0.1, -0.05) is 54.6 Å². The summed E-state index contributed by atoms with van der Waals surface area (Å²) in [5, 5.41) is 5.52. The van der Waals surface area contributed by atoms with E-state index in [2.05, 4.69) is 17.2 Å². The number of nitrogens with zero attached hydrogens (tertiary/aromatic N) is 1. The first-order valence-electron chi connectivity index (χ1n) is 13.8. The highest BCUT2D eigenvalue weighted by Gasteiger charge is 2.36. The lowest BCUT2D eigenvalue weighted by Gasteiger charge is -2.34. The number of rotatable bonds is 13. The topological polar surface area (TPSA) is 114 Å². The monoisotopic (exact) mass is 565 g/mol. The number of ether oxygens (including phenoxy) is 2. The van der Waals surface area contributed by atoms with E-state index in [0.717, 1.165) is 16.7 Å². The van der Waals surface area contributed by atoms with E-state index in [4.69, 9.17) is 9.47 Å². The van der Waals surface area contributed by atoms with E-state index in [1.54, 1.807) is 33.8 Å². The van der Waals surface area contributed by atoms with Crippen molar-refractivity contribution in [1.29, 1.82) is 0 Å². The van der Waals surface area contributed by atoms with E-state index < -0.39 is 41.6 Å². The number of alkyl carbamates (subject to hydrolysis) is 1. The minimum absolute atomic E-state index is 0.00860. The molecule has 9 nitrogen and oxygen atoms in total. The van der Waals surface area contributed by atoms with Gasteiger partial charge in [0.05, 0.1) is 13.0 Å². The van der Waals surface area contributed by atoms with Crippen LogP contribution in [0, 0.1) is 13.8 Å². The lowest BCUT2D eigenvalue weighted by atomic mass is 9.94. The molecule has 2 N–H and O–H groups in total. The molecule has 0 aromatic heterocycles. The number of benzene rings is 2. The standard InChI is InChI=1S/C32H43N3O6/c1-8-20-35(30(38)26(21-24-15-11-10-12-16-24)34-31(39)41-32(5,6)7)28(25-17-13-14-22(3)23(25)4)29(37)33-19-18-27(36)40-9-2/h8,10-17,26,28H,1,9,18-21H2,2-7H3,(H,33,37)(H,34,39). The fraction of sp³-hybridized carbons (Fsp3) is 0.438. The Balaban J connectivity index is 2.51. The molecule has 0 aliphatic carbocycles. The van der Waals surface area contributed by atoms with Crippen molar-refractivity contribution in [3.05, 3.63) is 83.4 Å². The summed E-state index contributed by atoms with van der Waals surface area (Å²) in [4.78, 5) is 54.1. The van der Waals surface area contributed by atoms with Crippen LogP contribution < -0.4 is 10.6 Å². The first-order chi connectivity index (χ1) is 19.4. The summed E-state index contributed by atoms with van der Waals surface area (Å²) in [5.41, 5.74) is 2.47. The maximum atomic E-state index is 14.3. The van der Waals surface area contributed by atoms with Gasteiger partial charge in [-0.15, -0.1) is 6.58 Å². The third-order valence-electron chi connectivity index (χ3n) is 6.32. The van der Waals surface area contributed by atoms with Crippen molar-refractivity contribution in [3.63, 3.8) is 0 Å². The van der Waals surface area contributed by atoms with Crippen molar-refractivity contribution in [3.8, 4) is 0 Å². The van der Waals surface area contributed by atoms with Gasteiger partial charge < -0.3 is 25.0 Å². The van der Waals surface area contributed by atoms with Crippen LogP contribution in [0.4, 0.5) is 4.79 Å². The first-order valence-corrected chi connectivity index (χ1v) is 13.8. The van der Waals surface area contributed by atoms with E-state index in [0.29, 0.717) is 5.56 Å². The minimum Gasteiger partial charge on any atom is -0.466 e. The molecule has 2 aromatic carbocycles. The van der Waals surface area contributed by atoms with Crippen LogP contribution in [0.1, 0.15) is 62.4 Å². The number of esters is 1. The summed E-state index contributed by atoms with van der Waals surface area (Å²) in [5.74, 6) is -1.38. The molecule has 9 heteroatoms. The zero-order chi connectivity index (χ0) is 30.6. The van der Waals surface area contributed by atoms with Crippen LogP contribution in [0.2, 0.25) is 0 Å². The number of hydrogen-bond acceptors (Lipinski definition) is 6. The molecule has 41 heavy (non-hydrogen) atoms. The van der Waals surface area contributed by atoms with Crippen LogP contribution in [0.3, 0.4) is 0 Å². The smallest absolute Gasteiger partial charge is 0.408 e. The van der Waals surface area contributed by atoms with Gasteiger partial charge in [-0.2, -0.15) is 0 Å². The molecule has 0 aliphatic heterocycles. The fourth-order valence-electron chi connectivity index (χ4n) is 4.30. The Morgan fingerprint density at radius 1 is 1.02 bits per heavy atom. The number of aryl methyl sites for hydroxylation is 1. The van der Waals surface area contributed by atoms with Crippen molar-refractivity contribution >= 4 is 23.9 Å². The number of carbonyl (C=O) groups is 4. The fourth-order valence-corrected chi connectivity index (χ4v) is 4.30. The lowest BCUT2D eigenvalue weighted by molar-refractivity contribution is -0.144. The summed E-state index contributed by atoms with van der Waals surface area (Å²) in [7, 11) is 0. The van der Waals surface area contributed by atoms with Crippen LogP contribution in [0.5, 0.6) is 0 Å². The zero-order valence-electron chi connectivity index (χ0n) is 25.0. The molecule has 3 amide bonds. The Morgan fingerprint density at radius 3 is 2.32 bits per heavy atom. The van der Waals surface area contributed by atoms with E-state index in [1.807, 2.05) is 56.3 Å². The molecule has 0 heterocycles. The Labute approximate surface area is 243 Å². The molecular formula is C32H43N3O6. The number of carbonyl (C=O) groups excluding carboxylic acids is 4. The molecule has 0 spiro atoms. The van der Waals surface area contributed by atoms with Crippen molar-refractivity contribution < 1.29 is 28.7 Å². The molecule has 0 fully saturated rings. The molecule has 2 aromatic rings. The van der Waals surface area contributed by atoms with E-state index in [1.165, 1.54) is 11.0 Å². The second-order valence-electron chi connectivity index (χ2n) is 10.7. The lowest BCUT2D eigenvalue weighted by Crippen LogP contribution is -2.54. The average molecular weight is 566 g/mol. The molecule has 0 saturated heterocycles. The van der Waals surface area contributed by atoms with Crippen LogP contribution in [-0.2, 0) is 30.3 Å². The van der Waals surface area contributed by atoms with Gasteiger partial charge >= 0.3 is 12.1 Å². The molecule has 222 valence electrons. The van der Waals surface area contributed by atoms with E-state index >= 15 is 0 Å². The largest absolute Gasteiger partial charge is 0.466 e. The molecule has 0 aliphatic rings. The number of amides is 3. The van der Waals surface area contributed by atoms with Crippen LogP contribution in [-0.4, -0.2) is 60.1 Å². The van der Waals surface area contributed by atoms with Gasteiger partial charge in [0.25, 0.3) is 0 Å². The van der Waals surface area contributed by atoms with E-state index in [-0.39, 0.29) is 32.5 Å². The van der Waals surface area contributed by atoms with Crippen molar-refractivity contribution in [2.24, 2.45) is 0 Å². The third-order valence-corrected chi connectivity index (χ3v) is 6.32. The molecule has 2 rings (SSSR count). The highest BCUT2D eigenvalue weighted by Crippen LogP contribution is 2.28. The predicted octanol–water partition coefficient (Wildman–Crippen LogP) is 4.56. The van der Waals surface area contributed by atoms with Gasteiger partial charge in [0.1, 0.15) is 17.7 Å². The molecule has 0 saturated carbocycles. The summed E-state index contributed by atoms with van der Waals surface area (Å²) < 4.78 is 10.4. The number of nitrogens with one attached hydrogen (secondary N) is 2. The predicted molar refractivity (Wildman–Crippen MR) is 158 cm³/mol. The van der Waals surface area contributed by atoms with Gasteiger partial charge in [-0.05, 0) is 63.8 Å². The summed E-state index contributed by atoms with van der Waals surface area (Å²) in [6.45, 7) is 14.9. The maximum Gasteiger partial charge on any atom is 0.408 e. The number of hydrogen-bond donors (Lipinski definition) is 2. The molecule has 0 bridgehead atoms. The van der Waals surface area contributed by atoms with Gasteiger partial charge in [-0.25, -0.2) is 4.79 Å². The molecule has 0 radical (unpaired) electrons. The van der Waals surface area contributed by atoms with E-state index in [9.17, 15) is 19.2 Å². The zero-order valence-corrected chi connectivity index (χ0v) is 25.0. The van der Waals surface area contributed by atoms with Crippen LogP contribution in [0.25, 0.3) is 0 Å². The summed E-state index contributed by atoms with van der Waals surface area (Å²) in [6, 6.07) is 12.7. The SMILES string of the molecule is C=CCN(C(=O)C(Cc1ccccc1)NC(=O)OC(C)(C)C)C(C(=O)NCCC(=O)OCC)c1cccc(C)c1C.